The van der Waals surface area contributed by atoms with Crippen LogP contribution in [0.1, 0.15) is 19.8 Å². The molecule has 4 nitrogen and oxygen atoms in total. The summed E-state index contributed by atoms with van der Waals surface area (Å²) in [5.74, 6) is 0. The predicted molar refractivity (Wildman–Crippen MR) is 83.3 cm³/mol. The average molecular weight is 316 g/mol. The van der Waals surface area contributed by atoms with Crippen LogP contribution in [-0.2, 0) is 4.79 Å². The van der Waals surface area contributed by atoms with Crippen molar-refractivity contribution >= 4 is 35.2 Å². The second kappa shape index (κ2) is 6.76. The summed E-state index contributed by atoms with van der Waals surface area (Å²) < 4.78 is 0. The average Bonchev–Trinajstić information content (AvgIpc) is 2.38. The number of halogens is 2. The number of likely N-dealkylation sites (tertiary alicyclic amines) is 1. The van der Waals surface area contributed by atoms with Crippen molar-refractivity contribution in [3.63, 3.8) is 0 Å². The quantitative estimate of drug-likeness (QED) is 0.839. The molecule has 110 valence electrons. The molecule has 0 radical (unpaired) electrons. The van der Waals surface area contributed by atoms with Crippen LogP contribution in [-0.4, -0.2) is 36.0 Å². The van der Waals surface area contributed by atoms with Crippen molar-refractivity contribution in [1.29, 1.82) is 0 Å². The van der Waals surface area contributed by atoms with Crippen LogP contribution < -0.4 is 11.1 Å². The van der Waals surface area contributed by atoms with Gasteiger partial charge in [0.15, 0.2) is 6.29 Å². The van der Waals surface area contributed by atoms with Gasteiger partial charge in [-0.05, 0) is 38.0 Å². The molecule has 3 N–H and O–H groups in total. The Hall–Kier alpha value is -0.810. The molecule has 1 aliphatic rings. The van der Waals surface area contributed by atoms with Crippen molar-refractivity contribution in [2.45, 2.75) is 38.0 Å². The first-order valence-corrected chi connectivity index (χ1v) is 7.46. The summed E-state index contributed by atoms with van der Waals surface area (Å²) in [6.45, 7) is 2.90. The van der Waals surface area contributed by atoms with Crippen LogP contribution in [0.25, 0.3) is 0 Å². The van der Waals surface area contributed by atoms with E-state index in [0.717, 1.165) is 31.4 Å². The van der Waals surface area contributed by atoms with E-state index in [1.807, 2.05) is 6.92 Å². The van der Waals surface area contributed by atoms with Crippen molar-refractivity contribution in [1.82, 2.24) is 4.90 Å². The molecule has 3 atom stereocenters. The second-order valence-electron chi connectivity index (χ2n) is 5.17. The molecule has 0 amide bonds. The molecule has 2 rings (SSSR count). The van der Waals surface area contributed by atoms with E-state index < -0.39 is 6.17 Å². The van der Waals surface area contributed by atoms with Gasteiger partial charge in [0.2, 0.25) is 0 Å². The van der Waals surface area contributed by atoms with E-state index in [-0.39, 0.29) is 12.1 Å². The molecule has 0 bridgehead atoms. The monoisotopic (exact) mass is 315 g/mol. The fourth-order valence-electron chi connectivity index (χ4n) is 2.60. The Bertz CT molecular complexity index is 463. The summed E-state index contributed by atoms with van der Waals surface area (Å²) in [4.78, 5) is 13.5. The number of nitrogens with one attached hydrogen (secondary N) is 1. The van der Waals surface area contributed by atoms with Crippen molar-refractivity contribution < 1.29 is 4.79 Å². The number of carbonyl (C=O) groups excluding carboxylic acids is 1. The Morgan fingerprint density at radius 2 is 2.05 bits per heavy atom. The summed E-state index contributed by atoms with van der Waals surface area (Å²) in [6, 6.07) is 5.40. The molecular formula is C14H19Cl2N3O. The second-order valence-corrected chi connectivity index (χ2v) is 6.04. The molecule has 1 heterocycles. The number of aldehydes is 1. The van der Waals surface area contributed by atoms with Crippen molar-refractivity contribution in [2.24, 2.45) is 5.73 Å². The van der Waals surface area contributed by atoms with Crippen LogP contribution in [0.2, 0.25) is 10.0 Å². The molecule has 3 unspecified atom stereocenters. The van der Waals surface area contributed by atoms with Crippen molar-refractivity contribution in [2.75, 3.05) is 11.9 Å². The highest BCUT2D eigenvalue weighted by Crippen LogP contribution is 2.24. The van der Waals surface area contributed by atoms with Crippen LogP contribution in [0.4, 0.5) is 5.69 Å². The number of anilines is 1. The summed E-state index contributed by atoms with van der Waals surface area (Å²) in [5, 5.41) is 4.23. The molecule has 1 fully saturated rings. The van der Waals surface area contributed by atoms with Crippen molar-refractivity contribution in [3.8, 4) is 0 Å². The molecule has 1 aromatic rings. The summed E-state index contributed by atoms with van der Waals surface area (Å²) in [5.41, 5.74) is 6.80. The first-order valence-electron chi connectivity index (χ1n) is 6.70. The normalized spacial score (nSPS) is 25.2. The van der Waals surface area contributed by atoms with Gasteiger partial charge in [-0.1, -0.05) is 23.2 Å². The standard InChI is InChI=1S/C14H19Cl2N3O/c1-9-13(17)3-2-4-19(9)14(8-20)18-12-6-10(15)5-11(16)7-12/h5-9,13-14,18H,2-4,17H2,1H3. The molecule has 1 aromatic carbocycles. The number of rotatable bonds is 4. The molecule has 1 aliphatic heterocycles. The Morgan fingerprint density at radius 1 is 1.40 bits per heavy atom. The van der Waals surface area contributed by atoms with Gasteiger partial charge in [-0.15, -0.1) is 0 Å². The van der Waals surface area contributed by atoms with Gasteiger partial charge < -0.3 is 11.1 Å². The maximum atomic E-state index is 11.4. The number of benzene rings is 1. The van der Waals surface area contributed by atoms with E-state index in [1.165, 1.54) is 0 Å². The molecule has 6 heteroatoms. The number of piperidine rings is 1. The van der Waals surface area contributed by atoms with Crippen LogP contribution in [0.15, 0.2) is 18.2 Å². The number of nitrogens with two attached hydrogens (primary N) is 1. The predicted octanol–water partition coefficient (Wildman–Crippen LogP) is 2.74. The molecular weight excluding hydrogens is 297 g/mol. The van der Waals surface area contributed by atoms with E-state index in [1.54, 1.807) is 18.2 Å². The fraction of sp³-hybridized carbons (Fsp3) is 0.500. The van der Waals surface area contributed by atoms with Crippen molar-refractivity contribution in [3.05, 3.63) is 28.2 Å². The van der Waals surface area contributed by atoms with E-state index in [9.17, 15) is 4.79 Å². The van der Waals surface area contributed by atoms with E-state index >= 15 is 0 Å². The highest BCUT2D eigenvalue weighted by atomic mass is 35.5. The van der Waals surface area contributed by atoms with E-state index in [0.29, 0.717) is 10.0 Å². The number of hydrogen-bond acceptors (Lipinski definition) is 4. The number of hydrogen-bond donors (Lipinski definition) is 2. The maximum absolute atomic E-state index is 11.4. The summed E-state index contributed by atoms with van der Waals surface area (Å²) in [6.07, 6.45) is 2.45. The van der Waals surface area contributed by atoms with E-state index in [4.69, 9.17) is 28.9 Å². The van der Waals surface area contributed by atoms with Crippen LogP contribution in [0.5, 0.6) is 0 Å². The number of carbonyl (C=O) groups is 1. The molecule has 0 aromatic heterocycles. The van der Waals surface area contributed by atoms with Gasteiger partial charge in [-0.3, -0.25) is 9.69 Å². The molecule has 0 saturated carbocycles. The van der Waals surface area contributed by atoms with Gasteiger partial charge in [0.1, 0.15) is 6.17 Å². The van der Waals surface area contributed by atoms with Gasteiger partial charge in [-0.25, -0.2) is 0 Å². The third-order valence-electron chi connectivity index (χ3n) is 3.76. The maximum Gasteiger partial charge on any atom is 0.157 e. The molecule has 0 aliphatic carbocycles. The SMILES string of the molecule is CC1C(N)CCCN1C(C=O)Nc1cc(Cl)cc(Cl)c1. The molecule has 1 saturated heterocycles. The Kier molecular flexibility index (Phi) is 5.27. The Labute approximate surface area is 129 Å². The third kappa shape index (κ3) is 3.64. The zero-order chi connectivity index (χ0) is 14.7. The third-order valence-corrected chi connectivity index (χ3v) is 4.20. The first-order chi connectivity index (χ1) is 9.51. The zero-order valence-electron chi connectivity index (χ0n) is 11.4. The lowest BCUT2D eigenvalue weighted by Crippen LogP contribution is -2.56. The lowest BCUT2D eigenvalue weighted by atomic mass is 9.98. The minimum Gasteiger partial charge on any atom is -0.364 e. The molecule has 20 heavy (non-hydrogen) atoms. The van der Waals surface area contributed by atoms with Crippen LogP contribution >= 0.6 is 23.2 Å². The van der Waals surface area contributed by atoms with Crippen LogP contribution in [0.3, 0.4) is 0 Å². The van der Waals surface area contributed by atoms with Gasteiger partial charge in [0.25, 0.3) is 0 Å². The van der Waals surface area contributed by atoms with Gasteiger partial charge in [-0.2, -0.15) is 0 Å². The van der Waals surface area contributed by atoms with Crippen LogP contribution in [0, 0.1) is 0 Å². The highest BCUT2D eigenvalue weighted by Gasteiger charge is 2.30. The van der Waals surface area contributed by atoms with Gasteiger partial charge in [0, 0.05) is 34.4 Å². The lowest BCUT2D eigenvalue weighted by Gasteiger charge is -2.41. The minimum absolute atomic E-state index is 0.0935. The van der Waals surface area contributed by atoms with E-state index in [2.05, 4.69) is 10.2 Å². The fourth-order valence-corrected chi connectivity index (χ4v) is 3.12. The molecule has 0 spiro atoms. The summed E-state index contributed by atoms with van der Waals surface area (Å²) in [7, 11) is 0. The highest BCUT2D eigenvalue weighted by molar-refractivity contribution is 6.35. The zero-order valence-corrected chi connectivity index (χ0v) is 12.9. The first kappa shape index (κ1) is 15.6. The Balaban J connectivity index is 2.13. The minimum atomic E-state index is -0.425. The smallest absolute Gasteiger partial charge is 0.157 e. The number of nitrogens with zero attached hydrogens (tertiary/aromatic N) is 1. The summed E-state index contributed by atoms with van der Waals surface area (Å²) >= 11 is 11.9. The van der Waals surface area contributed by atoms with Gasteiger partial charge >= 0.3 is 0 Å². The topological polar surface area (TPSA) is 58.4 Å². The lowest BCUT2D eigenvalue weighted by molar-refractivity contribution is -0.112. The Morgan fingerprint density at radius 3 is 2.65 bits per heavy atom. The van der Waals surface area contributed by atoms with Gasteiger partial charge in [0.05, 0.1) is 0 Å². The largest absolute Gasteiger partial charge is 0.364 e.